The zero-order valence-corrected chi connectivity index (χ0v) is 14.2. The third-order valence-electron chi connectivity index (χ3n) is 3.65. The molecule has 134 valence electrons. The van der Waals surface area contributed by atoms with Crippen LogP contribution in [-0.2, 0) is 0 Å². The predicted octanol–water partition coefficient (Wildman–Crippen LogP) is 4.25. The summed E-state index contributed by atoms with van der Waals surface area (Å²) >= 11 is 1.18. The van der Waals surface area contributed by atoms with Crippen molar-refractivity contribution in [2.45, 2.75) is 0 Å². The quantitative estimate of drug-likeness (QED) is 0.416. The Bertz CT molecular complexity index is 1190. The minimum Gasteiger partial charge on any atom is -0.403 e. The minimum atomic E-state index is -0.497. The Labute approximate surface area is 154 Å². The molecular formula is C17H9FN4O4S. The Morgan fingerprint density at radius 2 is 2.04 bits per heavy atom. The number of nitrogens with zero attached hydrogens (tertiary/aromatic N) is 3. The van der Waals surface area contributed by atoms with Crippen LogP contribution in [0.5, 0.6) is 0 Å². The Kier molecular flexibility index (Phi) is 4.09. The van der Waals surface area contributed by atoms with E-state index in [1.54, 1.807) is 18.2 Å². The van der Waals surface area contributed by atoms with Gasteiger partial charge in [-0.1, -0.05) is 11.2 Å². The van der Waals surface area contributed by atoms with Gasteiger partial charge in [0.15, 0.2) is 0 Å². The first-order chi connectivity index (χ1) is 13.0. The van der Waals surface area contributed by atoms with Crippen LogP contribution in [0.25, 0.3) is 21.5 Å². The van der Waals surface area contributed by atoms with E-state index in [9.17, 15) is 19.3 Å². The van der Waals surface area contributed by atoms with Crippen LogP contribution < -0.4 is 5.32 Å². The van der Waals surface area contributed by atoms with E-state index in [1.807, 2.05) is 0 Å². The van der Waals surface area contributed by atoms with Gasteiger partial charge in [0.25, 0.3) is 11.6 Å². The lowest BCUT2D eigenvalue weighted by Crippen LogP contribution is -2.10. The van der Waals surface area contributed by atoms with Crippen molar-refractivity contribution < 1.29 is 18.5 Å². The fourth-order valence-corrected chi connectivity index (χ4v) is 3.37. The molecule has 0 aliphatic heterocycles. The summed E-state index contributed by atoms with van der Waals surface area (Å²) in [4.78, 5) is 23.1. The minimum absolute atomic E-state index is 0.0519. The van der Waals surface area contributed by atoms with Gasteiger partial charge in [0, 0.05) is 27.8 Å². The maximum Gasteiger partial charge on any atom is 0.322 e. The second kappa shape index (κ2) is 6.57. The number of anilines is 1. The average molecular weight is 384 g/mol. The van der Waals surface area contributed by atoms with E-state index >= 15 is 0 Å². The summed E-state index contributed by atoms with van der Waals surface area (Å²) in [6, 6.07) is 11.4. The maximum absolute atomic E-state index is 13.3. The van der Waals surface area contributed by atoms with Gasteiger partial charge in [-0.3, -0.25) is 20.2 Å². The van der Waals surface area contributed by atoms with Gasteiger partial charge in [-0.2, -0.15) is 0 Å². The van der Waals surface area contributed by atoms with Gasteiger partial charge >= 0.3 is 6.01 Å². The summed E-state index contributed by atoms with van der Waals surface area (Å²) in [5.74, 6) is -0.874. The van der Waals surface area contributed by atoms with E-state index < -0.39 is 16.6 Å². The summed E-state index contributed by atoms with van der Waals surface area (Å²) in [6.07, 6.45) is 0. The van der Waals surface area contributed by atoms with E-state index in [1.165, 1.54) is 41.7 Å². The summed E-state index contributed by atoms with van der Waals surface area (Å²) in [5, 5.41) is 21.4. The van der Waals surface area contributed by atoms with Gasteiger partial charge in [-0.25, -0.2) is 4.39 Å². The van der Waals surface area contributed by atoms with Crippen molar-refractivity contribution in [2.24, 2.45) is 0 Å². The molecule has 2 aromatic heterocycles. The molecule has 0 atom stereocenters. The number of nitro groups is 1. The average Bonchev–Trinajstić information content (AvgIpc) is 3.27. The normalized spacial score (nSPS) is 10.9. The lowest BCUT2D eigenvalue weighted by Gasteiger charge is -1.96. The summed E-state index contributed by atoms with van der Waals surface area (Å²) in [7, 11) is 0. The fraction of sp³-hybridized carbons (Fsp3) is 0. The SMILES string of the molecule is O=C(Nc1nnc(-c2cccc(F)c2)o1)c1cc2cc([N+](=O)[O-])ccc2s1. The topological polar surface area (TPSA) is 111 Å². The van der Waals surface area contributed by atoms with E-state index in [4.69, 9.17) is 4.42 Å². The van der Waals surface area contributed by atoms with Crippen LogP contribution in [0.2, 0.25) is 0 Å². The van der Waals surface area contributed by atoms with Crippen molar-refractivity contribution in [2.75, 3.05) is 5.32 Å². The molecule has 1 N–H and O–H groups in total. The first kappa shape index (κ1) is 16.8. The van der Waals surface area contributed by atoms with Gasteiger partial charge in [0.05, 0.1) is 9.80 Å². The number of amides is 1. The largest absolute Gasteiger partial charge is 0.403 e. The molecule has 0 saturated carbocycles. The first-order valence-corrected chi connectivity index (χ1v) is 8.40. The van der Waals surface area contributed by atoms with E-state index in [0.717, 1.165) is 4.70 Å². The molecule has 2 aromatic carbocycles. The monoisotopic (exact) mass is 384 g/mol. The number of hydrogen-bond donors (Lipinski definition) is 1. The fourth-order valence-electron chi connectivity index (χ4n) is 2.43. The number of rotatable bonds is 4. The number of benzene rings is 2. The van der Waals surface area contributed by atoms with Gasteiger partial charge in [-0.05, 0) is 30.3 Å². The summed E-state index contributed by atoms with van der Waals surface area (Å²) in [5.41, 5.74) is 0.334. The molecule has 4 aromatic rings. The highest BCUT2D eigenvalue weighted by Gasteiger charge is 2.16. The van der Waals surface area contributed by atoms with Gasteiger partial charge in [0.2, 0.25) is 5.89 Å². The number of fused-ring (bicyclic) bond motifs is 1. The van der Waals surface area contributed by atoms with E-state index in [0.29, 0.717) is 15.8 Å². The van der Waals surface area contributed by atoms with Crippen molar-refractivity contribution in [3.8, 4) is 11.5 Å². The molecule has 0 aliphatic carbocycles. The van der Waals surface area contributed by atoms with E-state index in [-0.39, 0.29) is 17.6 Å². The predicted molar refractivity (Wildman–Crippen MR) is 96.1 cm³/mol. The molecular weight excluding hydrogens is 375 g/mol. The van der Waals surface area contributed by atoms with Crippen molar-refractivity contribution in [3.05, 3.63) is 69.3 Å². The number of non-ortho nitro benzene ring substituents is 1. The second-order valence-electron chi connectivity index (χ2n) is 5.47. The zero-order valence-electron chi connectivity index (χ0n) is 13.4. The van der Waals surface area contributed by atoms with Crippen LogP contribution in [-0.4, -0.2) is 21.0 Å². The van der Waals surface area contributed by atoms with Crippen molar-refractivity contribution in [3.63, 3.8) is 0 Å². The molecule has 4 rings (SSSR count). The Hall–Kier alpha value is -3.66. The highest BCUT2D eigenvalue weighted by molar-refractivity contribution is 7.20. The van der Waals surface area contributed by atoms with Crippen LogP contribution in [0.15, 0.2) is 52.9 Å². The smallest absolute Gasteiger partial charge is 0.322 e. The number of hydrogen-bond acceptors (Lipinski definition) is 7. The number of aromatic nitrogens is 2. The Balaban J connectivity index is 1.56. The zero-order chi connectivity index (χ0) is 19.0. The lowest BCUT2D eigenvalue weighted by molar-refractivity contribution is -0.384. The van der Waals surface area contributed by atoms with Crippen molar-refractivity contribution in [1.29, 1.82) is 0 Å². The number of thiophene rings is 1. The standard InChI is InChI=1S/C17H9FN4O4S/c18-11-3-1-2-9(6-11)16-20-21-17(26-16)19-15(23)14-8-10-7-12(22(24)25)4-5-13(10)27-14/h1-8H,(H,19,21,23). The maximum atomic E-state index is 13.3. The Morgan fingerprint density at radius 3 is 2.81 bits per heavy atom. The van der Waals surface area contributed by atoms with Crippen LogP contribution in [0.4, 0.5) is 16.1 Å². The van der Waals surface area contributed by atoms with Crippen molar-refractivity contribution >= 4 is 39.0 Å². The molecule has 0 radical (unpaired) electrons. The van der Waals surface area contributed by atoms with E-state index in [2.05, 4.69) is 15.5 Å². The molecule has 0 saturated heterocycles. The second-order valence-corrected chi connectivity index (χ2v) is 6.55. The molecule has 0 aliphatic rings. The number of nitrogens with one attached hydrogen (secondary N) is 1. The molecule has 27 heavy (non-hydrogen) atoms. The molecule has 8 nitrogen and oxygen atoms in total. The van der Waals surface area contributed by atoms with Gasteiger partial charge in [-0.15, -0.1) is 16.4 Å². The third kappa shape index (κ3) is 3.37. The number of halogens is 1. The number of carbonyl (C=O) groups excluding carboxylic acids is 1. The highest BCUT2D eigenvalue weighted by Crippen LogP contribution is 2.29. The van der Waals surface area contributed by atoms with Gasteiger partial charge in [0.1, 0.15) is 5.82 Å². The first-order valence-electron chi connectivity index (χ1n) is 7.58. The van der Waals surface area contributed by atoms with Crippen LogP contribution in [0.3, 0.4) is 0 Å². The third-order valence-corrected chi connectivity index (χ3v) is 4.77. The lowest BCUT2D eigenvalue weighted by atomic mass is 10.2. The molecule has 1 amide bonds. The summed E-state index contributed by atoms with van der Waals surface area (Å²) in [6.45, 7) is 0. The molecule has 0 unspecified atom stereocenters. The number of nitro benzene ring substituents is 1. The molecule has 10 heteroatoms. The highest BCUT2D eigenvalue weighted by atomic mass is 32.1. The summed E-state index contributed by atoms with van der Waals surface area (Å²) < 4.78 is 19.3. The molecule has 2 heterocycles. The van der Waals surface area contributed by atoms with Crippen LogP contribution in [0, 0.1) is 15.9 Å². The Morgan fingerprint density at radius 1 is 1.19 bits per heavy atom. The molecule has 0 spiro atoms. The van der Waals surface area contributed by atoms with Gasteiger partial charge < -0.3 is 4.42 Å². The van der Waals surface area contributed by atoms with Crippen LogP contribution in [0.1, 0.15) is 9.67 Å². The molecule has 0 bridgehead atoms. The molecule has 0 fully saturated rings. The van der Waals surface area contributed by atoms with Crippen molar-refractivity contribution in [1.82, 2.24) is 10.2 Å². The number of carbonyl (C=O) groups is 1. The van der Waals surface area contributed by atoms with Crippen LogP contribution >= 0.6 is 11.3 Å².